The Morgan fingerprint density at radius 1 is 1.21 bits per heavy atom. The highest BCUT2D eigenvalue weighted by Crippen LogP contribution is 2.26. The number of carbonyl (C=O) groups is 2. The van der Waals surface area contributed by atoms with Crippen molar-refractivity contribution in [2.45, 2.75) is 26.8 Å². The van der Waals surface area contributed by atoms with Crippen molar-refractivity contribution >= 4 is 29.1 Å². The highest BCUT2D eigenvalue weighted by Gasteiger charge is 2.16. The van der Waals surface area contributed by atoms with Crippen LogP contribution in [0.1, 0.15) is 24.5 Å². The van der Waals surface area contributed by atoms with Gasteiger partial charge in [-0.05, 0) is 42.3 Å². The second-order valence-corrected chi connectivity index (χ2v) is 5.84. The first-order chi connectivity index (χ1) is 11.5. The molecule has 0 unspecified atom stereocenters. The molecule has 24 heavy (non-hydrogen) atoms. The molecule has 0 saturated carbocycles. The molecule has 0 spiro atoms. The number of halogens is 1. The Kier molecular flexibility index (Phi) is 6.32. The van der Waals surface area contributed by atoms with E-state index >= 15 is 0 Å². The first-order valence-electron chi connectivity index (χ1n) is 7.68. The molecule has 2 aromatic rings. The number of rotatable bonds is 6. The van der Waals surface area contributed by atoms with Gasteiger partial charge in [0.15, 0.2) is 0 Å². The minimum absolute atomic E-state index is 0.113. The highest BCUT2D eigenvalue weighted by molar-refractivity contribution is 6.31. The highest BCUT2D eigenvalue weighted by atomic mass is 35.5. The number of hydrogen-bond acceptors (Lipinski definition) is 3. The number of anilines is 1. The van der Waals surface area contributed by atoms with Crippen LogP contribution in [0.5, 0.6) is 0 Å². The number of nitrogens with one attached hydrogen (secondary N) is 1. The summed E-state index contributed by atoms with van der Waals surface area (Å²) in [6.07, 6.45) is 3.58. The van der Waals surface area contributed by atoms with Gasteiger partial charge in [-0.25, -0.2) is 0 Å². The maximum Gasteiger partial charge on any atom is 0.223 e. The summed E-state index contributed by atoms with van der Waals surface area (Å²) in [4.78, 5) is 29.5. The molecule has 0 fully saturated rings. The van der Waals surface area contributed by atoms with E-state index in [-0.39, 0.29) is 18.2 Å². The maximum atomic E-state index is 12.0. The van der Waals surface area contributed by atoms with E-state index in [0.717, 1.165) is 16.8 Å². The molecular weight excluding hydrogens is 326 g/mol. The molecule has 2 rings (SSSR count). The molecule has 1 aromatic heterocycles. The molecule has 1 N–H and O–H groups in total. The zero-order valence-electron chi connectivity index (χ0n) is 13.8. The third-order valence-electron chi connectivity index (χ3n) is 3.71. The number of nitrogens with zero attached hydrogens (tertiary/aromatic N) is 2. The second kappa shape index (κ2) is 8.45. The number of pyridine rings is 1. The van der Waals surface area contributed by atoms with Crippen LogP contribution in [0, 0.1) is 6.92 Å². The van der Waals surface area contributed by atoms with Gasteiger partial charge in [-0.1, -0.05) is 17.7 Å². The average Bonchev–Trinajstić information content (AvgIpc) is 2.57. The van der Waals surface area contributed by atoms with Crippen LogP contribution < -0.4 is 10.2 Å². The van der Waals surface area contributed by atoms with Crippen LogP contribution >= 0.6 is 11.6 Å². The summed E-state index contributed by atoms with van der Waals surface area (Å²) in [5, 5.41) is 3.44. The lowest BCUT2D eigenvalue weighted by Crippen LogP contribution is -2.34. The van der Waals surface area contributed by atoms with E-state index in [9.17, 15) is 9.59 Å². The van der Waals surface area contributed by atoms with Crippen LogP contribution in [0.3, 0.4) is 0 Å². The summed E-state index contributed by atoms with van der Waals surface area (Å²) in [5.41, 5.74) is 2.54. The lowest BCUT2D eigenvalue weighted by molar-refractivity contribution is -0.121. The van der Waals surface area contributed by atoms with Gasteiger partial charge in [0.1, 0.15) is 0 Å². The molecule has 0 bridgehead atoms. The molecule has 6 heteroatoms. The van der Waals surface area contributed by atoms with Crippen LogP contribution in [0.4, 0.5) is 5.69 Å². The molecule has 0 aliphatic rings. The van der Waals surface area contributed by atoms with Gasteiger partial charge < -0.3 is 10.2 Å². The van der Waals surface area contributed by atoms with E-state index in [1.165, 1.54) is 6.92 Å². The topological polar surface area (TPSA) is 62.3 Å². The second-order valence-electron chi connectivity index (χ2n) is 5.44. The lowest BCUT2D eigenvalue weighted by Gasteiger charge is -2.23. The van der Waals surface area contributed by atoms with Crippen LogP contribution in [0.25, 0.3) is 0 Å². The predicted molar refractivity (Wildman–Crippen MR) is 94.9 cm³/mol. The van der Waals surface area contributed by atoms with Crippen molar-refractivity contribution in [2.24, 2.45) is 0 Å². The molecule has 0 aliphatic heterocycles. The largest absolute Gasteiger partial charge is 0.352 e. The van der Waals surface area contributed by atoms with Crippen LogP contribution in [0.15, 0.2) is 42.7 Å². The molecule has 1 aromatic carbocycles. The smallest absolute Gasteiger partial charge is 0.223 e. The number of amides is 2. The summed E-state index contributed by atoms with van der Waals surface area (Å²) in [5.74, 6) is -0.236. The van der Waals surface area contributed by atoms with E-state index < -0.39 is 0 Å². The van der Waals surface area contributed by atoms with Crippen molar-refractivity contribution in [3.8, 4) is 0 Å². The summed E-state index contributed by atoms with van der Waals surface area (Å²) in [6, 6.07) is 9.09. The number of carbonyl (C=O) groups excluding carboxylic acids is 2. The Hall–Kier alpha value is -2.40. The number of aromatic nitrogens is 1. The third-order valence-corrected chi connectivity index (χ3v) is 4.12. The van der Waals surface area contributed by atoms with Gasteiger partial charge in [-0.2, -0.15) is 0 Å². The Balaban J connectivity index is 1.95. The van der Waals surface area contributed by atoms with Gasteiger partial charge in [0.2, 0.25) is 11.8 Å². The van der Waals surface area contributed by atoms with E-state index in [0.29, 0.717) is 18.1 Å². The molecular formula is C18H20ClN3O2. The van der Waals surface area contributed by atoms with Gasteiger partial charge in [-0.15, -0.1) is 0 Å². The molecule has 126 valence electrons. The van der Waals surface area contributed by atoms with Crippen LogP contribution in [0.2, 0.25) is 5.02 Å². The average molecular weight is 346 g/mol. The zero-order valence-corrected chi connectivity index (χ0v) is 14.5. The van der Waals surface area contributed by atoms with Gasteiger partial charge in [0.25, 0.3) is 0 Å². The Bertz CT molecular complexity index is 719. The number of benzene rings is 1. The maximum absolute atomic E-state index is 12.0. The molecule has 0 saturated heterocycles. The van der Waals surface area contributed by atoms with Gasteiger partial charge in [0.05, 0.1) is 0 Å². The fourth-order valence-corrected chi connectivity index (χ4v) is 2.51. The summed E-state index contributed by atoms with van der Waals surface area (Å²) in [7, 11) is 0. The molecule has 0 atom stereocenters. The fourth-order valence-electron chi connectivity index (χ4n) is 2.34. The third kappa shape index (κ3) is 4.80. The van der Waals surface area contributed by atoms with Gasteiger partial charge in [-0.3, -0.25) is 14.6 Å². The molecule has 5 nitrogen and oxygen atoms in total. The van der Waals surface area contributed by atoms with E-state index in [1.54, 1.807) is 29.4 Å². The van der Waals surface area contributed by atoms with Crippen molar-refractivity contribution in [1.29, 1.82) is 0 Å². The SMILES string of the molecule is CC(=O)N(CCC(=O)NCc1ccncc1)c1cccc(Cl)c1C. The van der Waals surface area contributed by atoms with Crippen LogP contribution in [-0.2, 0) is 16.1 Å². The molecule has 1 heterocycles. The van der Waals surface area contributed by atoms with Crippen LogP contribution in [-0.4, -0.2) is 23.3 Å². The van der Waals surface area contributed by atoms with Crippen molar-refractivity contribution in [3.63, 3.8) is 0 Å². The standard InChI is InChI=1S/C18H20ClN3O2/c1-13-16(19)4-3-5-17(13)22(14(2)23)11-8-18(24)21-12-15-6-9-20-10-7-15/h3-7,9-10H,8,11-12H2,1-2H3,(H,21,24). The summed E-state index contributed by atoms with van der Waals surface area (Å²) in [6.45, 7) is 4.09. The Labute approximate surface area is 146 Å². The van der Waals surface area contributed by atoms with Crippen molar-refractivity contribution in [3.05, 3.63) is 58.9 Å². The van der Waals surface area contributed by atoms with Gasteiger partial charge >= 0.3 is 0 Å². The first-order valence-corrected chi connectivity index (χ1v) is 8.05. The number of hydrogen-bond donors (Lipinski definition) is 1. The lowest BCUT2D eigenvalue weighted by atomic mass is 10.1. The molecule has 2 amide bonds. The minimum Gasteiger partial charge on any atom is -0.352 e. The van der Waals surface area contributed by atoms with Crippen molar-refractivity contribution < 1.29 is 9.59 Å². The predicted octanol–water partition coefficient (Wildman–Crippen LogP) is 3.10. The molecule has 0 aliphatic carbocycles. The van der Waals surface area contributed by atoms with Crippen molar-refractivity contribution in [1.82, 2.24) is 10.3 Å². The zero-order chi connectivity index (χ0) is 17.5. The first kappa shape index (κ1) is 17.9. The fraction of sp³-hybridized carbons (Fsp3) is 0.278. The van der Waals surface area contributed by atoms with E-state index in [2.05, 4.69) is 10.3 Å². The van der Waals surface area contributed by atoms with E-state index in [1.807, 2.05) is 25.1 Å². The monoisotopic (exact) mass is 345 g/mol. The summed E-state index contributed by atoms with van der Waals surface area (Å²) >= 11 is 6.12. The quantitative estimate of drug-likeness (QED) is 0.875. The Morgan fingerprint density at radius 2 is 1.92 bits per heavy atom. The Morgan fingerprint density at radius 3 is 2.58 bits per heavy atom. The van der Waals surface area contributed by atoms with Gasteiger partial charge in [0, 0.05) is 49.5 Å². The van der Waals surface area contributed by atoms with E-state index in [4.69, 9.17) is 11.6 Å². The van der Waals surface area contributed by atoms with Crippen molar-refractivity contribution in [2.75, 3.05) is 11.4 Å². The molecule has 0 radical (unpaired) electrons. The summed E-state index contributed by atoms with van der Waals surface area (Å²) < 4.78 is 0. The normalized spacial score (nSPS) is 10.3. The minimum atomic E-state index is -0.123.